The zero-order valence-electron chi connectivity index (χ0n) is 23.7. The number of hydrogen-bond acceptors (Lipinski definition) is 8. The summed E-state index contributed by atoms with van der Waals surface area (Å²) in [4.78, 5) is 3.95. The molecule has 0 unspecified atom stereocenters. The van der Waals surface area contributed by atoms with E-state index in [0.29, 0.717) is 12.0 Å². The van der Waals surface area contributed by atoms with E-state index in [0.717, 1.165) is 99.4 Å². The van der Waals surface area contributed by atoms with E-state index in [4.69, 9.17) is 9.47 Å². The lowest BCUT2D eigenvalue weighted by Crippen LogP contribution is -2.39. The predicted octanol–water partition coefficient (Wildman–Crippen LogP) is 5.65. The summed E-state index contributed by atoms with van der Waals surface area (Å²) in [5, 5.41) is 21.4. The Morgan fingerprint density at radius 3 is 2.25 bits per heavy atom. The van der Waals surface area contributed by atoms with Crippen LogP contribution in [0.25, 0.3) is 11.1 Å². The van der Waals surface area contributed by atoms with Gasteiger partial charge in [0, 0.05) is 37.7 Å². The number of hydrogen-bond donors (Lipinski definition) is 0. The monoisotopic (exact) mass is 591 g/mol. The molecule has 1 aromatic carbocycles. The number of ether oxygens (including phenoxy) is 2. The second kappa shape index (κ2) is 16.1. The number of unbranched alkanes of at least 4 members (excludes halogenated alkanes) is 1. The van der Waals surface area contributed by atoms with Gasteiger partial charge in [0.15, 0.2) is 5.82 Å². The summed E-state index contributed by atoms with van der Waals surface area (Å²) >= 11 is 0. The molecule has 0 amide bonds. The van der Waals surface area contributed by atoms with Crippen LogP contribution in [0, 0.1) is 0 Å². The quantitative estimate of drug-likeness (QED) is 0.282. The Bertz CT molecular complexity index is 1150. The molecule has 2 aromatic heterocycles. The SMILES string of the molecule is CCCCc1nnc(OC2CCN(CCc3nnn(C)n3)CC2)cc1-c1ccc(OC2CCCCC2)cc1.Cl.Cl. The molecule has 220 valence electrons. The normalized spacial score (nSPS) is 16.6. The van der Waals surface area contributed by atoms with Crippen molar-refractivity contribution >= 4 is 24.8 Å². The summed E-state index contributed by atoms with van der Waals surface area (Å²) in [5.74, 6) is 2.37. The average molecular weight is 593 g/mol. The highest BCUT2D eigenvalue weighted by atomic mass is 35.5. The third-order valence-electron chi connectivity index (χ3n) is 7.66. The van der Waals surface area contributed by atoms with Crippen LogP contribution in [-0.2, 0) is 19.9 Å². The molecule has 1 saturated heterocycles. The van der Waals surface area contributed by atoms with E-state index in [2.05, 4.69) is 67.8 Å². The van der Waals surface area contributed by atoms with E-state index >= 15 is 0 Å². The first kappa shape index (κ1) is 32.0. The van der Waals surface area contributed by atoms with Crippen LogP contribution in [0.15, 0.2) is 30.3 Å². The zero-order chi connectivity index (χ0) is 26.2. The lowest BCUT2D eigenvalue weighted by molar-refractivity contribution is 0.0963. The van der Waals surface area contributed by atoms with Crippen LogP contribution in [0.3, 0.4) is 0 Å². The van der Waals surface area contributed by atoms with Gasteiger partial charge in [-0.05, 0) is 74.3 Å². The first-order chi connectivity index (χ1) is 18.7. The zero-order valence-corrected chi connectivity index (χ0v) is 25.3. The van der Waals surface area contributed by atoms with Crippen molar-refractivity contribution in [1.29, 1.82) is 0 Å². The Balaban J connectivity index is 0.00000220. The molecule has 0 spiro atoms. The first-order valence-electron chi connectivity index (χ1n) is 14.4. The van der Waals surface area contributed by atoms with E-state index in [9.17, 15) is 0 Å². The van der Waals surface area contributed by atoms with Crippen molar-refractivity contribution in [3.63, 3.8) is 0 Å². The molecule has 1 aliphatic carbocycles. The second-order valence-electron chi connectivity index (χ2n) is 10.7. The van der Waals surface area contributed by atoms with Gasteiger partial charge in [0.2, 0.25) is 5.88 Å². The van der Waals surface area contributed by atoms with E-state index in [1.807, 2.05) is 0 Å². The number of aryl methyl sites for hydroxylation is 2. The van der Waals surface area contributed by atoms with Gasteiger partial charge in [0.05, 0.1) is 18.8 Å². The molecule has 0 bridgehead atoms. The number of piperidine rings is 1. The van der Waals surface area contributed by atoms with Gasteiger partial charge in [-0.2, -0.15) is 9.90 Å². The third-order valence-corrected chi connectivity index (χ3v) is 7.66. The summed E-state index contributed by atoms with van der Waals surface area (Å²) in [6, 6.07) is 10.6. The highest BCUT2D eigenvalue weighted by Gasteiger charge is 2.22. The molecule has 40 heavy (non-hydrogen) atoms. The molecule has 2 aliphatic rings. The van der Waals surface area contributed by atoms with Gasteiger partial charge in [-0.25, -0.2) is 0 Å². The molecule has 1 aliphatic heterocycles. The summed E-state index contributed by atoms with van der Waals surface area (Å²) < 4.78 is 12.6. The fraction of sp³-hybridized carbons (Fsp3) is 0.621. The smallest absolute Gasteiger partial charge is 0.234 e. The molecular formula is C29H43Cl2N7O2. The Labute approximate surface area is 250 Å². The number of aromatic nitrogens is 6. The molecule has 3 heterocycles. The molecular weight excluding hydrogens is 549 g/mol. The van der Waals surface area contributed by atoms with Gasteiger partial charge < -0.3 is 14.4 Å². The first-order valence-corrected chi connectivity index (χ1v) is 14.4. The maximum Gasteiger partial charge on any atom is 0.234 e. The van der Waals surface area contributed by atoms with Gasteiger partial charge in [-0.1, -0.05) is 31.9 Å². The predicted molar refractivity (Wildman–Crippen MR) is 161 cm³/mol. The Morgan fingerprint density at radius 2 is 1.57 bits per heavy atom. The number of tetrazole rings is 1. The summed E-state index contributed by atoms with van der Waals surface area (Å²) in [7, 11) is 1.80. The Hall–Kier alpha value is -2.49. The number of rotatable bonds is 11. The minimum atomic E-state index is 0. The van der Waals surface area contributed by atoms with Crippen LogP contribution >= 0.6 is 24.8 Å². The van der Waals surface area contributed by atoms with Crippen molar-refractivity contribution in [1.82, 2.24) is 35.3 Å². The van der Waals surface area contributed by atoms with Crippen molar-refractivity contribution in [3.8, 4) is 22.8 Å². The van der Waals surface area contributed by atoms with Gasteiger partial charge in [-0.3, -0.25) is 0 Å². The number of likely N-dealkylation sites (tertiary alicyclic amines) is 1. The van der Waals surface area contributed by atoms with Crippen LogP contribution in [0.5, 0.6) is 11.6 Å². The van der Waals surface area contributed by atoms with Crippen molar-refractivity contribution < 1.29 is 9.47 Å². The van der Waals surface area contributed by atoms with E-state index in [-0.39, 0.29) is 30.9 Å². The van der Waals surface area contributed by atoms with Crippen LogP contribution < -0.4 is 9.47 Å². The lowest BCUT2D eigenvalue weighted by Gasteiger charge is -2.31. The van der Waals surface area contributed by atoms with Crippen LogP contribution in [-0.4, -0.2) is 67.1 Å². The maximum absolute atomic E-state index is 6.35. The van der Waals surface area contributed by atoms with Crippen LogP contribution in [0.1, 0.15) is 76.2 Å². The molecule has 1 saturated carbocycles. The number of nitrogens with zero attached hydrogens (tertiary/aromatic N) is 7. The van der Waals surface area contributed by atoms with Crippen molar-refractivity contribution in [2.45, 2.75) is 89.8 Å². The van der Waals surface area contributed by atoms with E-state index < -0.39 is 0 Å². The molecule has 11 heteroatoms. The summed E-state index contributed by atoms with van der Waals surface area (Å²) in [6.07, 6.45) is 12.6. The molecule has 0 atom stereocenters. The number of benzene rings is 1. The average Bonchev–Trinajstić information content (AvgIpc) is 3.38. The second-order valence-corrected chi connectivity index (χ2v) is 10.7. The van der Waals surface area contributed by atoms with Gasteiger partial charge in [-0.15, -0.1) is 40.1 Å². The Morgan fingerprint density at radius 1 is 0.850 bits per heavy atom. The van der Waals surface area contributed by atoms with E-state index in [1.165, 1.54) is 24.1 Å². The van der Waals surface area contributed by atoms with Crippen molar-refractivity contribution in [3.05, 3.63) is 41.9 Å². The van der Waals surface area contributed by atoms with Crippen LogP contribution in [0.4, 0.5) is 0 Å². The topological polar surface area (TPSA) is 91.1 Å². The fourth-order valence-electron chi connectivity index (χ4n) is 5.43. The highest BCUT2D eigenvalue weighted by Crippen LogP contribution is 2.30. The molecule has 0 N–H and O–H groups in total. The fourth-order valence-corrected chi connectivity index (χ4v) is 5.43. The van der Waals surface area contributed by atoms with Crippen LogP contribution in [0.2, 0.25) is 0 Å². The largest absolute Gasteiger partial charge is 0.490 e. The molecule has 9 nitrogen and oxygen atoms in total. The molecule has 2 fully saturated rings. The summed E-state index contributed by atoms with van der Waals surface area (Å²) in [6.45, 7) is 5.12. The minimum Gasteiger partial charge on any atom is -0.490 e. The van der Waals surface area contributed by atoms with Gasteiger partial charge >= 0.3 is 0 Å². The van der Waals surface area contributed by atoms with E-state index in [1.54, 1.807) is 7.05 Å². The summed E-state index contributed by atoms with van der Waals surface area (Å²) in [5.41, 5.74) is 3.29. The molecule has 3 aromatic rings. The van der Waals surface area contributed by atoms with Crippen molar-refractivity contribution in [2.75, 3.05) is 19.6 Å². The maximum atomic E-state index is 6.35. The lowest BCUT2D eigenvalue weighted by atomic mass is 9.97. The standard InChI is InChI=1S/C29H41N7O2.2ClH/c1-3-4-10-27-26(22-11-13-24(14-12-22)37-23-8-6-5-7-9-23)21-29(32-30-27)38-25-15-18-36(19-16-25)20-17-28-31-34-35(2)33-28;;/h11-14,21,23,25H,3-10,15-20H2,1-2H3;2*1H. The number of halogens is 2. The highest BCUT2D eigenvalue weighted by molar-refractivity contribution is 5.85. The molecule has 5 rings (SSSR count). The van der Waals surface area contributed by atoms with Crippen molar-refractivity contribution in [2.24, 2.45) is 7.05 Å². The van der Waals surface area contributed by atoms with Gasteiger partial charge in [0.25, 0.3) is 0 Å². The minimum absolute atomic E-state index is 0. The Kier molecular flexibility index (Phi) is 12.9. The van der Waals surface area contributed by atoms with Gasteiger partial charge in [0.1, 0.15) is 11.9 Å². The molecule has 0 radical (unpaired) electrons. The third kappa shape index (κ3) is 9.01.